The highest BCUT2D eigenvalue weighted by Crippen LogP contribution is 2.44. The summed E-state index contributed by atoms with van der Waals surface area (Å²) in [5.41, 5.74) is 7.88. The molecule has 5 saturated heterocycles. The topological polar surface area (TPSA) is 257 Å². The summed E-state index contributed by atoms with van der Waals surface area (Å²) in [4.78, 5) is 42.0. The SMILES string of the molecule is COc1cc(C2CCN(C3CCN(C)CC3)CC2)ccc1Nc1ncc(Cl)c(Nc2ccccc2P(C)(C)=O)n1.COc1cc(N2CCC(N3CCN(C)CC3)CC2)ccc1Nc1ncc(Cl)c(Nc2ccc(C)cc2P(C)(C)=O)n1.COc1cc(OCCCN2CCCC2)ccc1Nc1ncc(Cl)c(Nc2ccccc2P(C)(C)=O)n1. The van der Waals surface area contributed by atoms with Gasteiger partial charge in [0.15, 0.2) is 17.5 Å². The van der Waals surface area contributed by atoms with Crippen molar-refractivity contribution in [1.82, 2.24) is 54.4 Å². The molecule has 3 aromatic heterocycles. The van der Waals surface area contributed by atoms with Crippen LogP contribution >= 0.6 is 56.2 Å². The number of para-hydroxylation sites is 2. The van der Waals surface area contributed by atoms with Crippen molar-refractivity contribution in [3.63, 3.8) is 0 Å². The van der Waals surface area contributed by atoms with Gasteiger partial charge in [-0.15, -0.1) is 0 Å². The number of hydrogen-bond acceptors (Lipinski definition) is 25. The first kappa shape index (κ1) is 88.0. The van der Waals surface area contributed by atoms with E-state index >= 15 is 0 Å². The van der Waals surface area contributed by atoms with E-state index in [0.717, 1.165) is 114 Å². The Morgan fingerprint density at radius 3 is 1.36 bits per heavy atom. The van der Waals surface area contributed by atoms with Crippen molar-refractivity contribution in [3.05, 3.63) is 166 Å². The molecule has 6 N–H and O–H groups in total. The third-order valence-electron chi connectivity index (χ3n) is 22.2. The molecule has 0 radical (unpaired) electrons. The average Bonchev–Trinajstić information content (AvgIpc) is 1.05. The zero-order chi connectivity index (χ0) is 83.0. The Morgan fingerprint density at radius 1 is 0.436 bits per heavy atom. The summed E-state index contributed by atoms with van der Waals surface area (Å²) in [6.45, 7) is 28.0. The van der Waals surface area contributed by atoms with Crippen LogP contribution in [0.25, 0.3) is 0 Å². The van der Waals surface area contributed by atoms with Crippen molar-refractivity contribution in [2.75, 3.05) is 204 Å². The van der Waals surface area contributed by atoms with E-state index in [2.05, 4.69) is 130 Å². The Hall–Kier alpha value is -8.28. The number of nitrogens with one attached hydrogen (secondary N) is 6. The van der Waals surface area contributed by atoms with Gasteiger partial charge in [-0.05, 0) is 242 Å². The van der Waals surface area contributed by atoms with Gasteiger partial charge in [-0.25, -0.2) is 15.0 Å². The lowest BCUT2D eigenvalue weighted by Gasteiger charge is -2.42. The van der Waals surface area contributed by atoms with E-state index < -0.39 is 21.4 Å². The zero-order valence-corrected chi connectivity index (χ0v) is 74.4. The first-order valence-electron chi connectivity index (χ1n) is 40.3. The Kier molecular flexibility index (Phi) is 30.6. The number of aromatic nitrogens is 6. The number of methoxy groups -OCH3 is 3. The van der Waals surface area contributed by atoms with Gasteiger partial charge in [0.25, 0.3) is 0 Å². The predicted molar refractivity (Wildman–Crippen MR) is 485 cm³/mol. The van der Waals surface area contributed by atoms with E-state index in [1.54, 1.807) is 73.7 Å². The molecule has 0 amide bonds. The highest BCUT2D eigenvalue weighted by atomic mass is 35.5. The van der Waals surface area contributed by atoms with Crippen LogP contribution in [0.4, 0.5) is 75.1 Å². The monoisotopic (exact) mass is 1710 g/mol. The number of benzene rings is 6. The molecule has 626 valence electrons. The molecule has 0 aliphatic carbocycles. The van der Waals surface area contributed by atoms with E-state index in [-0.39, 0.29) is 0 Å². The summed E-state index contributed by atoms with van der Waals surface area (Å²) in [5, 5.41) is 22.8. The summed E-state index contributed by atoms with van der Waals surface area (Å²) in [5.74, 6) is 5.75. The van der Waals surface area contributed by atoms with Gasteiger partial charge in [0.1, 0.15) is 59.5 Å². The van der Waals surface area contributed by atoms with Crippen LogP contribution < -0.4 is 71.7 Å². The average molecular weight is 1710 g/mol. The van der Waals surface area contributed by atoms with Gasteiger partial charge >= 0.3 is 0 Å². The first-order chi connectivity index (χ1) is 56.1. The Bertz CT molecular complexity index is 4980. The van der Waals surface area contributed by atoms with Gasteiger partial charge in [-0.2, -0.15) is 15.0 Å². The lowest BCUT2D eigenvalue weighted by Crippen LogP contribution is -2.52. The number of piperazine rings is 1. The molecule has 0 unspecified atom stereocenters. The molecule has 0 spiro atoms. The minimum Gasteiger partial charge on any atom is -0.495 e. The van der Waals surface area contributed by atoms with Crippen LogP contribution in [0, 0.1) is 6.92 Å². The number of ether oxygens (including phenoxy) is 4. The Morgan fingerprint density at radius 2 is 0.863 bits per heavy atom. The lowest BCUT2D eigenvalue weighted by molar-refractivity contribution is 0.0966. The van der Waals surface area contributed by atoms with Crippen molar-refractivity contribution in [1.29, 1.82) is 0 Å². The number of aryl methyl sites for hydroxylation is 1. The number of anilines is 13. The molecule has 0 atom stereocenters. The van der Waals surface area contributed by atoms with Crippen LogP contribution in [0.1, 0.15) is 74.8 Å². The molecular weight excluding hydrogens is 1600 g/mol. The second-order valence-corrected chi connectivity index (χ2v) is 42.7. The summed E-state index contributed by atoms with van der Waals surface area (Å²) in [6, 6.07) is 40.4. The normalized spacial score (nSPS) is 16.6. The number of rotatable bonds is 27. The van der Waals surface area contributed by atoms with Gasteiger partial charge in [0.2, 0.25) is 17.8 Å². The first-order valence-corrected chi connectivity index (χ1v) is 49.2. The van der Waals surface area contributed by atoms with Crippen molar-refractivity contribution in [2.45, 2.75) is 82.7 Å². The van der Waals surface area contributed by atoms with E-state index in [9.17, 15) is 13.7 Å². The third-order valence-corrected chi connectivity index (χ3v) is 27.7. The van der Waals surface area contributed by atoms with Crippen LogP contribution in [0.2, 0.25) is 15.1 Å². The Balaban J connectivity index is 0.000000162. The molecule has 9 aromatic rings. The number of likely N-dealkylation sites (N-methyl/N-ethyl adjacent to an activating group) is 1. The number of likely N-dealkylation sites (tertiary alicyclic amines) is 3. The molecule has 5 aliphatic rings. The van der Waals surface area contributed by atoms with Gasteiger partial charge in [-0.3, -0.25) is 4.90 Å². The zero-order valence-electron chi connectivity index (χ0n) is 69.5. The van der Waals surface area contributed by atoms with Crippen LogP contribution in [0.15, 0.2) is 140 Å². The summed E-state index contributed by atoms with van der Waals surface area (Å²) in [7, 11) is 1.87. The molecule has 0 bridgehead atoms. The van der Waals surface area contributed by atoms with Crippen molar-refractivity contribution in [2.24, 2.45) is 0 Å². The highest BCUT2D eigenvalue weighted by Gasteiger charge is 2.31. The summed E-state index contributed by atoms with van der Waals surface area (Å²) >= 11 is 19.3. The van der Waals surface area contributed by atoms with Gasteiger partial charge in [0.05, 0.1) is 80.7 Å². The molecule has 6 aromatic carbocycles. The fraction of sp³-hybridized carbons (Fsp3) is 0.442. The van der Waals surface area contributed by atoms with Gasteiger partial charge < -0.3 is 89.0 Å². The molecule has 5 fully saturated rings. The summed E-state index contributed by atoms with van der Waals surface area (Å²) in [6.07, 6.45) is 15.5. The smallest absolute Gasteiger partial charge is 0.229 e. The fourth-order valence-corrected chi connectivity index (χ4v) is 19.6. The molecular formula is C86H114Cl3N18O7P3. The van der Waals surface area contributed by atoms with Crippen molar-refractivity contribution >= 4 is 147 Å². The lowest BCUT2D eigenvalue weighted by atomic mass is 9.87. The maximum atomic E-state index is 12.9. The minimum absolute atomic E-state index is 0.341. The van der Waals surface area contributed by atoms with Crippen LogP contribution in [0.5, 0.6) is 23.0 Å². The molecule has 25 nitrogen and oxygen atoms in total. The molecule has 0 saturated carbocycles. The second kappa shape index (κ2) is 40.7. The quantitative estimate of drug-likeness (QED) is 0.0207. The highest BCUT2D eigenvalue weighted by molar-refractivity contribution is 7.71. The third kappa shape index (κ3) is 24.3. The molecule has 14 rings (SSSR count). The van der Waals surface area contributed by atoms with E-state index in [0.29, 0.717) is 97.4 Å². The molecule has 117 heavy (non-hydrogen) atoms. The standard InChI is InChI=1S/C30H41ClN7O2P.C30H40ClN6O2P.C26H33ClN5O3P/c1-21-6-8-26(28(18-21)41(4,5)39)33-29-24(31)20-32-30(35-29)34-25-9-7-23(19-27(25)40-3)37-12-10-22(11-13-37)38-16-14-36(2)15-17-38;1-36-15-13-23(14-16-36)37-17-11-21(12-18-37)22-9-10-25(27(19-22)39-2)34-30-32-20-24(31)29(35-30)33-26-7-5-6-8-28(26)40(3,4)38;1-34-23-17-19(35-16-8-15-32-13-6-7-14-32)11-12-21(23)30-26-28-18-20(27)25(31-26)29-22-9-4-5-10-24(22)36(2,3)33/h6-9,18-20,22H,10-17H2,1-5H3,(H2,32,33,34,35);5-10,19-21,23H,11-18H2,1-4H3,(H2,32,33,34,35);4-5,9-12,17-18H,6-8,13-16H2,1-3H3,(H2,28,29,30,31). The number of nitrogens with zero attached hydrogens (tertiary/aromatic N) is 12. The molecule has 8 heterocycles. The van der Waals surface area contributed by atoms with Crippen LogP contribution in [-0.4, -0.2) is 234 Å². The van der Waals surface area contributed by atoms with E-state index in [1.807, 2.05) is 104 Å². The Labute approximate surface area is 705 Å². The van der Waals surface area contributed by atoms with Crippen LogP contribution in [-0.2, 0) is 13.7 Å². The van der Waals surface area contributed by atoms with Crippen molar-refractivity contribution in [3.8, 4) is 23.0 Å². The number of piperidine rings is 3. The van der Waals surface area contributed by atoms with E-state index in [1.165, 1.54) is 102 Å². The van der Waals surface area contributed by atoms with Crippen LogP contribution in [0.3, 0.4) is 0 Å². The second-order valence-electron chi connectivity index (χ2n) is 31.9. The maximum Gasteiger partial charge on any atom is 0.229 e. The van der Waals surface area contributed by atoms with Crippen molar-refractivity contribution < 1.29 is 32.6 Å². The predicted octanol–water partition coefficient (Wildman–Crippen LogP) is 17.3. The fourth-order valence-electron chi connectivity index (χ4n) is 15.6. The van der Waals surface area contributed by atoms with E-state index in [4.69, 9.17) is 53.8 Å². The number of hydrogen-bond donors (Lipinski definition) is 6. The maximum absolute atomic E-state index is 12.9. The molecule has 31 heteroatoms. The largest absolute Gasteiger partial charge is 0.495 e. The molecule has 5 aliphatic heterocycles. The summed E-state index contributed by atoms with van der Waals surface area (Å²) < 4.78 is 61.5. The van der Waals surface area contributed by atoms with Gasteiger partial charge in [0, 0.05) is 91.6 Å². The van der Waals surface area contributed by atoms with Gasteiger partial charge in [-0.1, -0.05) is 76.8 Å². The minimum atomic E-state index is -2.53. The number of halogens is 3.